The van der Waals surface area contributed by atoms with Gasteiger partial charge in [0.1, 0.15) is 29.1 Å². The zero-order valence-electron chi connectivity index (χ0n) is 27.6. The molecule has 0 radical (unpaired) electrons. The number of azide groups is 1. The van der Waals surface area contributed by atoms with E-state index in [-0.39, 0.29) is 42.1 Å². The molecule has 1 aliphatic heterocycles. The average molecular weight is 670 g/mol. The van der Waals surface area contributed by atoms with Gasteiger partial charge in [-0.1, -0.05) is 36.5 Å². The highest BCUT2D eigenvalue weighted by Crippen LogP contribution is 2.37. The molecule has 47 heavy (non-hydrogen) atoms. The van der Waals surface area contributed by atoms with Crippen LogP contribution in [0.2, 0.25) is 0 Å². The molecule has 0 spiro atoms. The van der Waals surface area contributed by atoms with Gasteiger partial charge in [-0.25, -0.2) is 4.98 Å². The second-order valence-electron chi connectivity index (χ2n) is 11.9. The summed E-state index contributed by atoms with van der Waals surface area (Å²) in [6, 6.07) is 5.85. The van der Waals surface area contributed by atoms with Gasteiger partial charge in [-0.15, -0.1) is 11.3 Å². The van der Waals surface area contributed by atoms with E-state index in [4.69, 9.17) is 24.7 Å². The van der Waals surface area contributed by atoms with E-state index < -0.39 is 6.04 Å². The van der Waals surface area contributed by atoms with Crippen LogP contribution in [0.1, 0.15) is 79.0 Å². The molecule has 3 atom stereocenters. The van der Waals surface area contributed by atoms with Crippen molar-refractivity contribution in [2.75, 3.05) is 60.2 Å². The lowest BCUT2D eigenvalue weighted by molar-refractivity contribution is -0.148. The Morgan fingerprint density at radius 1 is 1.11 bits per heavy atom. The number of nitrogens with zero attached hydrogens (tertiary/aromatic N) is 6. The summed E-state index contributed by atoms with van der Waals surface area (Å²) in [5.74, 6) is 0.356. The van der Waals surface area contributed by atoms with Gasteiger partial charge >= 0.3 is 0 Å². The molecule has 256 valence electrons. The first kappa shape index (κ1) is 36.3. The number of carbonyl (C=O) groups is 3. The maximum absolute atomic E-state index is 14.3. The van der Waals surface area contributed by atoms with Crippen molar-refractivity contribution < 1.29 is 28.6 Å². The predicted octanol–water partition coefficient (Wildman–Crippen LogP) is 4.78. The van der Waals surface area contributed by atoms with Crippen LogP contribution in [0.3, 0.4) is 0 Å². The second kappa shape index (κ2) is 18.7. The third kappa shape index (κ3) is 9.97. The van der Waals surface area contributed by atoms with Crippen LogP contribution in [0.5, 0.6) is 5.75 Å². The summed E-state index contributed by atoms with van der Waals surface area (Å²) in [6.45, 7) is 4.49. The summed E-state index contributed by atoms with van der Waals surface area (Å²) in [7, 11) is 3.51. The normalized spacial score (nSPS) is 17.9. The van der Waals surface area contributed by atoms with Crippen molar-refractivity contribution in [3.05, 3.63) is 56.4 Å². The molecule has 1 aromatic carbocycles. The quantitative estimate of drug-likeness (QED) is 0.0781. The summed E-state index contributed by atoms with van der Waals surface area (Å²) >= 11 is 1.40. The molecule has 1 aromatic heterocycles. The molecule has 14 heteroatoms. The fourth-order valence-corrected chi connectivity index (χ4v) is 7.21. The van der Waals surface area contributed by atoms with Crippen molar-refractivity contribution in [3.63, 3.8) is 0 Å². The minimum absolute atomic E-state index is 0.0201. The van der Waals surface area contributed by atoms with Crippen LogP contribution >= 0.6 is 11.3 Å². The number of thiazole rings is 1. The van der Waals surface area contributed by atoms with E-state index in [0.29, 0.717) is 56.6 Å². The monoisotopic (exact) mass is 669 g/mol. The summed E-state index contributed by atoms with van der Waals surface area (Å²) in [5.41, 5.74) is 9.05. The molecule has 1 saturated heterocycles. The number of hydrogen-bond donors (Lipinski definition) is 1. The van der Waals surface area contributed by atoms with Crippen molar-refractivity contribution in [2.24, 2.45) is 11.0 Å². The molecule has 0 unspecified atom stereocenters. The van der Waals surface area contributed by atoms with Gasteiger partial charge in [0.05, 0.1) is 38.5 Å². The van der Waals surface area contributed by atoms with Gasteiger partial charge in [0, 0.05) is 36.0 Å². The number of likely N-dealkylation sites (N-methyl/N-ethyl adjacent to an activating group) is 2. The Morgan fingerprint density at radius 3 is 2.60 bits per heavy atom. The summed E-state index contributed by atoms with van der Waals surface area (Å²) in [4.78, 5) is 51.9. The Labute approximate surface area is 280 Å². The summed E-state index contributed by atoms with van der Waals surface area (Å²) in [6.07, 6.45) is 6.77. The van der Waals surface area contributed by atoms with Crippen LogP contribution < -0.4 is 10.1 Å². The molecule has 2 amide bonds. The molecule has 1 N–H and O–H groups in total. The lowest BCUT2D eigenvalue weighted by Crippen LogP contribution is -2.56. The van der Waals surface area contributed by atoms with E-state index >= 15 is 0 Å². The van der Waals surface area contributed by atoms with E-state index in [1.54, 1.807) is 48.6 Å². The highest BCUT2D eigenvalue weighted by molar-refractivity contribution is 7.10. The number of nitrogens with one attached hydrogen (secondary N) is 1. The van der Waals surface area contributed by atoms with Gasteiger partial charge < -0.3 is 29.3 Å². The molecule has 2 aliphatic rings. The van der Waals surface area contributed by atoms with Crippen molar-refractivity contribution in [3.8, 4) is 5.75 Å². The third-order valence-corrected chi connectivity index (χ3v) is 9.80. The van der Waals surface area contributed by atoms with Gasteiger partial charge in [-0.3, -0.25) is 14.4 Å². The van der Waals surface area contributed by atoms with Gasteiger partial charge in [-0.2, -0.15) is 0 Å². The standard InChI is InChI=1S/C33H47N7O6S/c1-23(35-2)32(42)39(3)29(24-9-5-4-6-10-24)33(43)40-15-8-13-28(40)31-37-27(22-47-31)30(41)25-11-7-12-26(21-25)46-20-19-45-18-17-44-16-14-36-38-34/h7,11-12,21-24,28-29,35H,4-6,8-10,13-20H2,1-3H3/t23-,28-,29-/m0/s1. The molecule has 0 bridgehead atoms. The lowest BCUT2D eigenvalue weighted by Gasteiger charge is -2.39. The smallest absolute Gasteiger partial charge is 0.246 e. The van der Waals surface area contributed by atoms with Gasteiger partial charge in [0.15, 0.2) is 0 Å². The van der Waals surface area contributed by atoms with Crippen LogP contribution in [-0.4, -0.2) is 105 Å². The Balaban J connectivity index is 1.36. The van der Waals surface area contributed by atoms with Crippen LogP contribution in [0.15, 0.2) is 34.8 Å². The van der Waals surface area contributed by atoms with Gasteiger partial charge in [0.2, 0.25) is 17.6 Å². The molecular formula is C33H47N7O6S. The highest BCUT2D eigenvalue weighted by atomic mass is 32.1. The van der Waals surface area contributed by atoms with E-state index in [2.05, 4.69) is 15.3 Å². The molecule has 13 nitrogen and oxygen atoms in total. The number of amides is 2. The molecule has 1 aliphatic carbocycles. The van der Waals surface area contributed by atoms with Crippen LogP contribution in [0.25, 0.3) is 10.4 Å². The van der Waals surface area contributed by atoms with Gasteiger partial charge in [0.25, 0.3) is 0 Å². The minimum atomic E-state index is -0.517. The van der Waals surface area contributed by atoms with E-state index in [1.165, 1.54) is 11.3 Å². The molecule has 2 fully saturated rings. The largest absolute Gasteiger partial charge is 0.491 e. The number of benzene rings is 1. The highest BCUT2D eigenvalue weighted by Gasteiger charge is 2.42. The number of aromatic nitrogens is 1. The fourth-order valence-electron chi connectivity index (χ4n) is 6.27. The molecule has 4 rings (SSSR count). The molecule has 1 saturated carbocycles. The average Bonchev–Trinajstić information content (AvgIpc) is 3.79. The number of hydrogen-bond acceptors (Lipinski definition) is 10. The third-order valence-electron chi connectivity index (χ3n) is 8.86. The van der Waals surface area contributed by atoms with Crippen molar-refractivity contribution in [1.82, 2.24) is 20.1 Å². The number of ketones is 1. The van der Waals surface area contributed by atoms with Crippen LogP contribution in [-0.2, 0) is 19.1 Å². The number of carbonyl (C=O) groups excluding carboxylic acids is 3. The Kier molecular flexibility index (Phi) is 14.4. The van der Waals surface area contributed by atoms with E-state index in [9.17, 15) is 14.4 Å². The zero-order chi connectivity index (χ0) is 33.6. The maximum Gasteiger partial charge on any atom is 0.246 e. The maximum atomic E-state index is 14.3. The van der Waals surface area contributed by atoms with Crippen molar-refractivity contribution in [2.45, 2.75) is 70.0 Å². The first-order valence-corrected chi connectivity index (χ1v) is 17.4. The van der Waals surface area contributed by atoms with Crippen LogP contribution in [0, 0.1) is 5.92 Å². The minimum Gasteiger partial charge on any atom is -0.491 e. The SMILES string of the molecule is CN[C@@H](C)C(=O)N(C)[C@H](C(=O)N1CCC[C@H]1c1nc(C(=O)c2cccc(OCCOCCOCCN=[N+]=[N-])c2)cs1)C1CCCCC1. The first-order chi connectivity index (χ1) is 22.8. The Morgan fingerprint density at radius 2 is 1.85 bits per heavy atom. The zero-order valence-corrected chi connectivity index (χ0v) is 28.5. The predicted molar refractivity (Wildman–Crippen MR) is 178 cm³/mol. The van der Waals surface area contributed by atoms with E-state index in [0.717, 1.165) is 50.0 Å². The number of rotatable bonds is 18. The van der Waals surface area contributed by atoms with Crippen molar-refractivity contribution >= 4 is 28.9 Å². The van der Waals surface area contributed by atoms with Crippen molar-refractivity contribution in [1.29, 1.82) is 0 Å². The lowest BCUT2D eigenvalue weighted by atomic mass is 9.82. The number of likely N-dealkylation sites (tertiary alicyclic amines) is 1. The number of ether oxygens (including phenoxy) is 3. The first-order valence-electron chi connectivity index (χ1n) is 16.5. The van der Waals surface area contributed by atoms with Crippen LogP contribution in [0.4, 0.5) is 0 Å². The Bertz CT molecular complexity index is 1380. The second-order valence-corrected chi connectivity index (χ2v) is 12.8. The Hall–Kier alpha value is -3.55. The summed E-state index contributed by atoms with van der Waals surface area (Å²) in [5, 5.41) is 8.92. The summed E-state index contributed by atoms with van der Waals surface area (Å²) < 4.78 is 16.6. The fraction of sp³-hybridized carbons (Fsp3) is 0.636. The van der Waals surface area contributed by atoms with Gasteiger partial charge in [-0.05, 0) is 63.2 Å². The topological polar surface area (TPSA) is 159 Å². The van der Waals surface area contributed by atoms with E-state index in [1.807, 2.05) is 11.8 Å². The molecular weight excluding hydrogens is 622 g/mol. The molecule has 2 aromatic rings. The molecule has 2 heterocycles.